The Bertz CT molecular complexity index is 926. The Morgan fingerprint density at radius 1 is 1.10 bits per heavy atom. The Kier molecular flexibility index (Phi) is 5.09. The highest BCUT2D eigenvalue weighted by Crippen LogP contribution is 2.38. The van der Waals surface area contributed by atoms with Crippen molar-refractivity contribution in [1.29, 1.82) is 0 Å². The zero-order chi connectivity index (χ0) is 20.4. The van der Waals surface area contributed by atoms with Gasteiger partial charge >= 0.3 is 6.03 Å². The summed E-state index contributed by atoms with van der Waals surface area (Å²) in [6.07, 6.45) is 3.70. The lowest BCUT2D eigenvalue weighted by molar-refractivity contribution is -0.134. The van der Waals surface area contributed by atoms with Gasteiger partial charge in [0.25, 0.3) is 11.8 Å². The second-order valence-corrected chi connectivity index (χ2v) is 7.96. The number of nitrogens with zero attached hydrogens (tertiary/aromatic N) is 1. The van der Waals surface area contributed by atoms with Crippen LogP contribution in [0.1, 0.15) is 48.5 Å². The molecule has 0 radical (unpaired) electrons. The number of anilines is 1. The topological polar surface area (TPSA) is 78.5 Å². The van der Waals surface area contributed by atoms with Crippen LogP contribution in [-0.4, -0.2) is 28.3 Å². The standard InChI is InChI=1S/C23H25N3O3/c1-16-7-5-6-14-23(16)21(28)26(22(29)25-23)15-17-10-12-18(13-11-17)20(27)24-19-8-3-2-4-9-19/h2-4,8-13,16H,5-7,14-15H2,1H3,(H,24,27)(H,25,29)/t16-,23-/m0/s1. The van der Waals surface area contributed by atoms with Crippen LogP contribution in [0.15, 0.2) is 54.6 Å². The van der Waals surface area contributed by atoms with Gasteiger partial charge in [0.05, 0.1) is 6.54 Å². The summed E-state index contributed by atoms with van der Waals surface area (Å²) in [4.78, 5) is 39.3. The molecule has 29 heavy (non-hydrogen) atoms. The van der Waals surface area contributed by atoms with Gasteiger partial charge in [-0.15, -0.1) is 0 Å². The third kappa shape index (κ3) is 3.62. The van der Waals surface area contributed by atoms with Crippen molar-refractivity contribution in [3.05, 3.63) is 65.7 Å². The van der Waals surface area contributed by atoms with Crippen LogP contribution in [0.5, 0.6) is 0 Å². The van der Waals surface area contributed by atoms with Crippen LogP contribution in [0.3, 0.4) is 0 Å². The van der Waals surface area contributed by atoms with Crippen LogP contribution in [0.4, 0.5) is 10.5 Å². The minimum absolute atomic E-state index is 0.124. The third-order valence-electron chi connectivity index (χ3n) is 6.09. The quantitative estimate of drug-likeness (QED) is 0.775. The lowest BCUT2D eigenvalue weighted by atomic mass is 9.73. The molecule has 2 aromatic carbocycles. The number of carbonyl (C=O) groups is 3. The van der Waals surface area contributed by atoms with Crippen LogP contribution in [0.2, 0.25) is 0 Å². The van der Waals surface area contributed by atoms with Crippen molar-refractivity contribution in [2.45, 2.75) is 44.7 Å². The minimum Gasteiger partial charge on any atom is -0.323 e. The summed E-state index contributed by atoms with van der Waals surface area (Å²) in [5, 5.41) is 5.81. The first-order chi connectivity index (χ1) is 14.0. The molecule has 6 heteroatoms. The molecule has 4 amide bonds. The number of urea groups is 1. The van der Waals surface area contributed by atoms with E-state index in [2.05, 4.69) is 10.6 Å². The van der Waals surface area contributed by atoms with Crippen LogP contribution in [-0.2, 0) is 11.3 Å². The van der Waals surface area contributed by atoms with Gasteiger partial charge in [-0.05, 0) is 48.6 Å². The summed E-state index contributed by atoms with van der Waals surface area (Å²) in [6, 6.07) is 15.9. The smallest absolute Gasteiger partial charge is 0.323 e. The zero-order valence-electron chi connectivity index (χ0n) is 16.5. The molecule has 0 bridgehead atoms. The monoisotopic (exact) mass is 391 g/mol. The molecule has 1 saturated heterocycles. The molecular weight excluding hydrogens is 366 g/mol. The molecule has 6 nitrogen and oxygen atoms in total. The molecule has 2 atom stereocenters. The molecule has 1 aliphatic heterocycles. The van der Waals surface area contributed by atoms with Crippen molar-refractivity contribution in [3.8, 4) is 0 Å². The lowest BCUT2D eigenvalue weighted by Crippen LogP contribution is -2.53. The van der Waals surface area contributed by atoms with E-state index in [4.69, 9.17) is 0 Å². The van der Waals surface area contributed by atoms with Gasteiger partial charge in [-0.1, -0.05) is 50.1 Å². The van der Waals surface area contributed by atoms with Crippen LogP contribution < -0.4 is 10.6 Å². The summed E-state index contributed by atoms with van der Waals surface area (Å²) in [5.74, 6) is -0.185. The predicted molar refractivity (Wildman–Crippen MR) is 110 cm³/mol. The van der Waals surface area contributed by atoms with E-state index in [1.165, 1.54) is 4.90 Å². The van der Waals surface area contributed by atoms with Gasteiger partial charge in [0, 0.05) is 11.3 Å². The van der Waals surface area contributed by atoms with Gasteiger partial charge in [-0.25, -0.2) is 4.79 Å². The first-order valence-electron chi connectivity index (χ1n) is 10.1. The molecule has 1 aliphatic carbocycles. The molecule has 2 fully saturated rings. The summed E-state index contributed by atoms with van der Waals surface area (Å²) >= 11 is 0. The fourth-order valence-corrected chi connectivity index (χ4v) is 4.31. The third-order valence-corrected chi connectivity index (χ3v) is 6.09. The summed E-state index contributed by atoms with van der Waals surface area (Å²) in [6.45, 7) is 2.25. The minimum atomic E-state index is -0.745. The van der Waals surface area contributed by atoms with Crippen molar-refractivity contribution in [2.24, 2.45) is 5.92 Å². The Labute approximate surface area is 170 Å². The second kappa shape index (κ2) is 7.70. The van der Waals surface area contributed by atoms with Crippen molar-refractivity contribution >= 4 is 23.5 Å². The fourth-order valence-electron chi connectivity index (χ4n) is 4.31. The first-order valence-corrected chi connectivity index (χ1v) is 10.1. The Morgan fingerprint density at radius 2 is 1.83 bits per heavy atom. The van der Waals surface area contributed by atoms with Crippen LogP contribution in [0, 0.1) is 5.92 Å². The van der Waals surface area contributed by atoms with E-state index in [1.807, 2.05) is 37.3 Å². The van der Waals surface area contributed by atoms with Gasteiger partial charge < -0.3 is 10.6 Å². The van der Waals surface area contributed by atoms with Crippen molar-refractivity contribution < 1.29 is 14.4 Å². The summed E-state index contributed by atoms with van der Waals surface area (Å²) in [7, 11) is 0. The van der Waals surface area contributed by atoms with E-state index in [-0.39, 0.29) is 30.3 Å². The van der Waals surface area contributed by atoms with Crippen molar-refractivity contribution in [1.82, 2.24) is 10.2 Å². The summed E-state index contributed by atoms with van der Waals surface area (Å²) in [5.41, 5.74) is 1.32. The number of nitrogens with one attached hydrogen (secondary N) is 2. The van der Waals surface area contributed by atoms with Crippen LogP contribution in [0.25, 0.3) is 0 Å². The Morgan fingerprint density at radius 3 is 2.52 bits per heavy atom. The molecule has 0 aromatic heterocycles. The highest BCUT2D eigenvalue weighted by Gasteiger charge is 2.54. The second-order valence-electron chi connectivity index (χ2n) is 7.96. The van der Waals surface area contributed by atoms with E-state index >= 15 is 0 Å². The highest BCUT2D eigenvalue weighted by atomic mass is 16.2. The molecule has 2 aliphatic rings. The lowest BCUT2D eigenvalue weighted by Gasteiger charge is -2.36. The Balaban J connectivity index is 1.44. The van der Waals surface area contributed by atoms with Crippen molar-refractivity contribution in [2.75, 3.05) is 5.32 Å². The Hall–Kier alpha value is -3.15. The molecule has 1 spiro atoms. The van der Waals surface area contributed by atoms with E-state index < -0.39 is 5.54 Å². The number of carbonyl (C=O) groups excluding carboxylic acids is 3. The fraction of sp³-hybridized carbons (Fsp3) is 0.348. The molecule has 1 saturated carbocycles. The van der Waals surface area contributed by atoms with Gasteiger partial charge in [-0.3, -0.25) is 14.5 Å². The number of hydrogen-bond acceptors (Lipinski definition) is 3. The predicted octanol–water partition coefficient (Wildman–Crippen LogP) is 3.94. The van der Waals surface area contributed by atoms with Gasteiger partial charge in [0.2, 0.25) is 0 Å². The number of imide groups is 1. The number of rotatable bonds is 4. The molecule has 2 N–H and O–H groups in total. The molecule has 1 heterocycles. The summed E-state index contributed by atoms with van der Waals surface area (Å²) < 4.78 is 0. The van der Waals surface area contributed by atoms with Crippen molar-refractivity contribution in [3.63, 3.8) is 0 Å². The van der Waals surface area contributed by atoms with E-state index in [1.54, 1.807) is 24.3 Å². The molecular formula is C23H25N3O3. The number of amides is 4. The van der Waals surface area contributed by atoms with E-state index in [9.17, 15) is 14.4 Å². The maximum Gasteiger partial charge on any atom is 0.325 e. The first kappa shape index (κ1) is 19.2. The number of benzene rings is 2. The van der Waals surface area contributed by atoms with Crippen LogP contribution >= 0.6 is 0 Å². The van der Waals surface area contributed by atoms with Gasteiger partial charge in [0.15, 0.2) is 0 Å². The maximum absolute atomic E-state index is 13.1. The number of para-hydroxylation sites is 1. The molecule has 2 aromatic rings. The molecule has 0 unspecified atom stereocenters. The van der Waals surface area contributed by atoms with Gasteiger partial charge in [-0.2, -0.15) is 0 Å². The van der Waals surface area contributed by atoms with E-state index in [0.29, 0.717) is 12.0 Å². The maximum atomic E-state index is 13.1. The average Bonchev–Trinajstić information content (AvgIpc) is 2.96. The van der Waals surface area contributed by atoms with E-state index in [0.717, 1.165) is 30.5 Å². The largest absolute Gasteiger partial charge is 0.325 e. The highest BCUT2D eigenvalue weighted by molar-refractivity contribution is 6.07. The zero-order valence-corrected chi connectivity index (χ0v) is 16.5. The molecule has 4 rings (SSSR count). The number of hydrogen-bond donors (Lipinski definition) is 2. The molecule has 150 valence electrons. The SMILES string of the molecule is C[C@H]1CCCC[C@]12NC(=O)N(Cc1ccc(C(=O)Nc3ccccc3)cc1)C2=O. The van der Waals surface area contributed by atoms with Gasteiger partial charge in [0.1, 0.15) is 5.54 Å². The normalized spacial score (nSPS) is 23.9. The average molecular weight is 391 g/mol.